The zero-order valence-corrected chi connectivity index (χ0v) is 14.9. The molecule has 0 unspecified atom stereocenters. The Kier molecular flexibility index (Phi) is 4.61. The fourth-order valence-corrected chi connectivity index (χ4v) is 3.01. The minimum atomic E-state index is -4.88. The van der Waals surface area contributed by atoms with Crippen molar-refractivity contribution >= 4 is 27.8 Å². The van der Waals surface area contributed by atoms with E-state index in [1.165, 1.54) is 36.4 Å². The van der Waals surface area contributed by atoms with Crippen molar-refractivity contribution in [3.05, 3.63) is 70.2 Å². The van der Waals surface area contributed by atoms with Crippen molar-refractivity contribution < 1.29 is 37.0 Å². The molecule has 2 N–H and O–H groups in total. The molecule has 0 saturated heterocycles. The molecule has 2 heterocycles. The number of ether oxygens (including phenoxy) is 2. The minimum Gasteiger partial charge on any atom is -0.508 e. The lowest BCUT2D eigenvalue weighted by atomic mass is 10.1. The van der Waals surface area contributed by atoms with Crippen LogP contribution in [0.25, 0.3) is 21.9 Å². The van der Waals surface area contributed by atoms with Gasteiger partial charge in [-0.15, -0.1) is 13.2 Å². The van der Waals surface area contributed by atoms with Crippen molar-refractivity contribution in [1.29, 1.82) is 0 Å². The van der Waals surface area contributed by atoms with Gasteiger partial charge in [0, 0.05) is 34.0 Å². The number of H-pyrrole nitrogens is 1. The quantitative estimate of drug-likeness (QED) is 0.379. The zero-order valence-electron chi connectivity index (χ0n) is 14.9. The van der Waals surface area contributed by atoms with Crippen molar-refractivity contribution in [3.63, 3.8) is 0 Å². The predicted molar refractivity (Wildman–Crippen MR) is 98.3 cm³/mol. The van der Waals surface area contributed by atoms with Crippen LogP contribution in [0.15, 0.2) is 57.7 Å². The molecule has 30 heavy (non-hydrogen) atoms. The SMILES string of the molecule is O=C(OCc1cc(=O)oc2cc(O)ccc12)c1cc2c(OC(F)(F)F)cccc2[nH]1. The molecule has 154 valence electrons. The molecule has 0 aliphatic rings. The van der Waals surface area contributed by atoms with Crippen LogP contribution in [0, 0.1) is 0 Å². The number of alkyl halides is 3. The first-order valence-electron chi connectivity index (χ1n) is 8.50. The maximum Gasteiger partial charge on any atom is 0.573 e. The Morgan fingerprint density at radius 3 is 2.67 bits per heavy atom. The van der Waals surface area contributed by atoms with Crippen molar-refractivity contribution in [2.24, 2.45) is 0 Å². The van der Waals surface area contributed by atoms with E-state index in [-0.39, 0.29) is 34.5 Å². The first-order chi connectivity index (χ1) is 14.2. The van der Waals surface area contributed by atoms with E-state index < -0.39 is 23.7 Å². The van der Waals surface area contributed by atoms with Crippen molar-refractivity contribution in [2.75, 3.05) is 0 Å². The highest BCUT2D eigenvalue weighted by Crippen LogP contribution is 2.31. The van der Waals surface area contributed by atoms with Crippen molar-refractivity contribution in [1.82, 2.24) is 4.98 Å². The summed E-state index contributed by atoms with van der Waals surface area (Å²) in [6.07, 6.45) is -4.88. The molecule has 10 heteroatoms. The number of carbonyl (C=O) groups excluding carboxylic acids is 1. The van der Waals surface area contributed by atoms with Crippen LogP contribution in [0.5, 0.6) is 11.5 Å². The summed E-state index contributed by atoms with van der Waals surface area (Å²) in [7, 11) is 0. The van der Waals surface area contributed by atoms with Gasteiger partial charge in [0.25, 0.3) is 0 Å². The number of carbonyl (C=O) groups is 1. The lowest BCUT2D eigenvalue weighted by Gasteiger charge is -2.09. The van der Waals surface area contributed by atoms with E-state index in [0.717, 1.165) is 12.1 Å². The van der Waals surface area contributed by atoms with Gasteiger partial charge in [-0.2, -0.15) is 0 Å². The molecule has 4 rings (SSSR count). The molecule has 0 spiro atoms. The Bertz CT molecular complexity index is 1320. The third kappa shape index (κ3) is 3.93. The molecule has 0 fully saturated rings. The van der Waals surface area contributed by atoms with E-state index in [1.54, 1.807) is 0 Å². The maximum absolute atomic E-state index is 12.6. The molecule has 0 atom stereocenters. The van der Waals surface area contributed by atoms with Crippen molar-refractivity contribution in [3.8, 4) is 11.5 Å². The van der Waals surface area contributed by atoms with Gasteiger partial charge in [0.1, 0.15) is 29.4 Å². The van der Waals surface area contributed by atoms with Gasteiger partial charge in [0.15, 0.2) is 0 Å². The summed E-state index contributed by atoms with van der Waals surface area (Å²) in [5, 5.41) is 10.0. The summed E-state index contributed by atoms with van der Waals surface area (Å²) in [6, 6.07) is 10.4. The van der Waals surface area contributed by atoms with Crippen molar-refractivity contribution in [2.45, 2.75) is 13.0 Å². The monoisotopic (exact) mass is 419 g/mol. The van der Waals surface area contributed by atoms with E-state index in [2.05, 4.69) is 9.72 Å². The molecule has 7 nitrogen and oxygen atoms in total. The molecule has 0 aliphatic carbocycles. The second-order valence-electron chi connectivity index (χ2n) is 6.30. The third-order valence-corrected chi connectivity index (χ3v) is 4.24. The molecular formula is C20H12F3NO6. The van der Waals surface area contributed by atoms with E-state index in [9.17, 15) is 27.9 Å². The van der Waals surface area contributed by atoms with Crippen LogP contribution in [0.2, 0.25) is 0 Å². The second kappa shape index (κ2) is 7.14. The first kappa shape index (κ1) is 19.4. The first-order valence-corrected chi connectivity index (χ1v) is 8.50. The van der Waals surface area contributed by atoms with Gasteiger partial charge in [0.2, 0.25) is 0 Å². The molecule has 0 saturated carbocycles. The van der Waals surface area contributed by atoms with E-state index in [4.69, 9.17) is 9.15 Å². The van der Waals surface area contributed by atoms with Crippen LogP contribution in [0.1, 0.15) is 16.1 Å². The van der Waals surface area contributed by atoms with Crippen LogP contribution in [-0.4, -0.2) is 22.4 Å². The topological polar surface area (TPSA) is 102 Å². The number of esters is 1. The number of nitrogens with one attached hydrogen (secondary N) is 1. The second-order valence-corrected chi connectivity index (χ2v) is 6.30. The number of aromatic nitrogens is 1. The number of aromatic amines is 1. The summed E-state index contributed by atoms with van der Waals surface area (Å²) in [4.78, 5) is 26.8. The average molecular weight is 419 g/mol. The largest absolute Gasteiger partial charge is 0.573 e. The van der Waals surface area contributed by atoms with Crippen LogP contribution < -0.4 is 10.4 Å². The number of benzene rings is 2. The summed E-state index contributed by atoms with van der Waals surface area (Å²) in [6.45, 7) is -0.299. The van der Waals surface area contributed by atoms with Crippen LogP contribution in [-0.2, 0) is 11.3 Å². The number of rotatable bonds is 4. The van der Waals surface area contributed by atoms with E-state index in [0.29, 0.717) is 10.9 Å². The highest BCUT2D eigenvalue weighted by atomic mass is 19.4. The number of fused-ring (bicyclic) bond motifs is 2. The maximum atomic E-state index is 12.6. The number of aromatic hydroxyl groups is 1. The Labute approximate surface area is 165 Å². The number of hydrogen-bond acceptors (Lipinski definition) is 6. The summed E-state index contributed by atoms with van der Waals surface area (Å²) < 4.78 is 51.8. The highest BCUT2D eigenvalue weighted by molar-refractivity contribution is 5.97. The molecule has 2 aromatic carbocycles. The fraction of sp³-hybridized carbons (Fsp3) is 0.100. The molecule has 0 aliphatic heterocycles. The minimum absolute atomic E-state index is 0.0584. The van der Waals surface area contributed by atoms with E-state index >= 15 is 0 Å². The molecule has 4 aromatic rings. The Morgan fingerprint density at radius 1 is 1.10 bits per heavy atom. The van der Waals surface area contributed by atoms with Gasteiger partial charge in [-0.25, -0.2) is 9.59 Å². The van der Waals surface area contributed by atoms with Gasteiger partial charge in [-0.1, -0.05) is 6.07 Å². The molecule has 2 aromatic heterocycles. The fourth-order valence-electron chi connectivity index (χ4n) is 3.01. The third-order valence-electron chi connectivity index (χ3n) is 4.24. The van der Waals surface area contributed by atoms with E-state index in [1.807, 2.05) is 0 Å². The van der Waals surface area contributed by atoms with Crippen LogP contribution in [0.3, 0.4) is 0 Å². The van der Waals surface area contributed by atoms with Crippen LogP contribution in [0.4, 0.5) is 13.2 Å². The molecule has 0 radical (unpaired) electrons. The number of phenolic OH excluding ortho intramolecular Hbond substituents is 1. The van der Waals surface area contributed by atoms with Gasteiger partial charge >= 0.3 is 18.0 Å². The van der Waals surface area contributed by atoms with Gasteiger partial charge < -0.3 is 24.0 Å². The predicted octanol–water partition coefficient (Wildman–Crippen LogP) is 4.24. The van der Waals surface area contributed by atoms with Gasteiger partial charge in [0.05, 0.1) is 0 Å². The van der Waals surface area contributed by atoms with Gasteiger partial charge in [-0.05, 0) is 30.3 Å². The van der Waals surface area contributed by atoms with Gasteiger partial charge in [-0.3, -0.25) is 0 Å². The number of phenols is 1. The number of halogens is 3. The average Bonchev–Trinajstić information content (AvgIpc) is 3.09. The molecule has 0 amide bonds. The highest BCUT2D eigenvalue weighted by Gasteiger charge is 2.32. The number of hydrogen-bond donors (Lipinski definition) is 2. The Balaban J connectivity index is 1.59. The summed E-state index contributed by atoms with van der Waals surface area (Å²) >= 11 is 0. The smallest absolute Gasteiger partial charge is 0.508 e. The standard InChI is InChI=1S/C20H12F3NO6/c21-20(22,23)30-16-3-1-2-14-13(16)8-15(24-14)19(27)28-9-10-6-18(26)29-17-7-11(25)4-5-12(10)17/h1-8,24-25H,9H2. The summed E-state index contributed by atoms with van der Waals surface area (Å²) in [5.74, 6) is -1.40. The van der Waals surface area contributed by atoms with Crippen LogP contribution >= 0.6 is 0 Å². The normalized spacial score (nSPS) is 11.7. The Hall–Kier alpha value is -3.95. The lowest BCUT2D eigenvalue weighted by Crippen LogP contribution is -2.17. The zero-order chi connectivity index (χ0) is 21.5. The summed E-state index contributed by atoms with van der Waals surface area (Å²) in [5.41, 5.74) is -0.0725. The lowest BCUT2D eigenvalue weighted by molar-refractivity contribution is -0.274. The molecule has 0 bridgehead atoms. The molecular weight excluding hydrogens is 407 g/mol. The Morgan fingerprint density at radius 2 is 1.90 bits per heavy atom.